The Morgan fingerprint density at radius 3 is 2.77 bits per heavy atom. The van der Waals surface area contributed by atoms with Crippen LogP contribution in [0.3, 0.4) is 0 Å². The van der Waals surface area contributed by atoms with Crippen molar-refractivity contribution in [1.82, 2.24) is 9.99 Å². The topological polar surface area (TPSA) is 100 Å². The number of fused-ring (bicyclic) bond motifs is 1. The van der Waals surface area contributed by atoms with E-state index in [1.165, 1.54) is 23.9 Å². The summed E-state index contributed by atoms with van der Waals surface area (Å²) in [6.45, 7) is 3.97. The molecule has 1 amide bonds. The summed E-state index contributed by atoms with van der Waals surface area (Å²) in [4.78, 5) is 20.7. The van der Waals surface area contributed by atoms with Gasteiger partial charge in [0.05, 0.1) is 12.7 Å². The van der Waals surface area contributed by atoms with Gasteiger partial charge in [-0.15, -0.1) is 0 Å². The van der Waals surface area contributed by atoms with Gasteiger partial charge < -0.3 is 9.47 Å². The van der Waals surface area contributed by atoms with E-state index in [0.717, 1.165) is 5.56 Å². The molecule has 0 saturated heterocycles. The van der Waals surface area contributed by atoms with E-state index in [9.17, 15) is 4.79 Å². The van der Waals surface area contributed by atoms with Crippen LogP contribution in [-0.4, -0.2) is 45.7 Å². The number of carbonyl (C=O) groups is 1. The summed E-state index contributed by atoms with van der Waals surface area (Å²) in [5, 5.41) is 15.3. The van der Waals surface area contributed by atoms with Crippen LogP contribution in [0.2, 0.25) is 0 Å². The fourth-order valence-electron chi connectivity index (χ4n) is 2.81. The summed E-state index contributed by atoms with van der Waals surface area (Å²) >= 11 is 1.24. The van der Waals surface area contributed by atoms with Crippen molar-refractivity contribution in [2.24, 2.45) is 10.1 Å². The molecule has 150 valence electrons. The van der Waals surface area contributed by atoms with Crippen LogP contribution >= 0.6 is 11.8 Å². The Labute approximate surface area is 177 Å². The first-order chi connectivity index (χ1) is 14.6. The second-order valence-electron chi connectivity index (χ2n) is 6.17. The lowest BCUT2D eigenvalue weighted by Gasteiger charge is -2.20. The summed E-state index contributed by atoms with van der Waals surface area (Å²) < 4.78 is 10.9. The molecular weight excluding hydrogens is 402 g/mol. The summed E-state index contributed by atoms with van der Waals surface area (Å²) in [7, 11) is 1.54. The number of thioether (sulfide) groups is 1. The fraction of sp³-hybridized carbons (Fsp3) is 0.0952. The lowest BCUT2D eigenvalue weighted by atomic mass is 10.1. The van der Waals surface area contributed by atoms with Crippen LogP contribution < -0.4 is 9.47 Å². The largest absolute Gasteiger partial charge is 0.493 e. The number of carbonyl (C=O) groups excluding carboxylic acids is 1. The lowest BCUT2D eigenvalue weighted by molar-refractivity contribution is -0.114. The van der Waals surface area contributed by atoms with Crippen LogP contribution in [-0.2, 0) is 4.79 Å². The minimum atomic E-state index is -0.490. The van der Waals surface area contributed by atoms with Gasteiger partial charge in [-0.25, -0.2) is 0 Å². The fourth-order valence-corrected chi connectivity index (χ4v) is 3.71. The quantitative estimate of drug-likeness (QED) is 0.569. The standard InChI is InChI=1S/C21H17N5O3S/c1-3-10-29-16-5-4-13(12-17(16)28-2)11-15-18(22)26-21(24-19(15)27)30-20(25-26)14-6-8-23-9-7-14/h3-9,11-12,22H,1,10H2,2H3/b15-11+,22-18?. The number of ether oxygens (including phenoxy) is 2. The Bertz CT molecular complexity index is 1120. The third-order valence-corrected chi connectivity index (χ3v) is 5.19. The van der Waals surface area contributed by atoms with Crippen molar-refractivity contribution in [1.29, 1.82) is 5.41 Å². The van der Waals surface area contributed by atoms with Crippen molar-refractivity contribution < 1.29 is 14.3 Å². The number of hydrogen-bond acceptors (Lipinski definition) is 7. The summed E-state index contributed by atoms with van der Waals surface area (Å²) in [5.41, 5.74) is 1.66. The number of nitrogens with one attached hydrogen (secondary N) is 1. The number of hydrazone groups is 1. The summed E-state index contributed by atoms with van der Waals surface area (Å²) in [6.07, 6.45) is 6.56. The highest BCUT2D eigenvalue weighted by atomic mass is 32.2. The highest BCUT2D eigenvalue weighted by Gasteiger charge is 2.36. The van der Waals surface area contributed by atoms with Gasteiger partial charge in [-0.05, 0) is 47.7 Å². The number of aromatic nitrogens is 1. The number of nitrogens with zero attached hydrogens (tertiary/aromatic N) is 4. The Balaban J connectivity index is 1.64. The van der Waals surface area contributed by atoms with Crippen LogP contribution in [0.25, 0.3) is 6.08 Å². The molecule has 3 heterocycles. The zero-order valence-electron chi connectivity index (χ0n) is 16.0. The van der Waals surface area contributed by atoms with Crippen LogP contribution in [0.4, 0.5) is 0 Å². The van der Waals surface area contributed by atoms with Gasteiger partial charge in [0.15, 0.2) is 17.3 Å². The molecule has 2 aliphatic rings. The van der Waals surface area contributed by atoms with E-state index in [4.69, 9.17) is 14.9 Å². The van der Waals surface area contributed by atoms with Crippen molar-refractivity contribution in [3.8, 4) is 11.5 Å². The molecule has 0 unspecified atom stereocenters. The van der Waals surface area contributed by atoms with E-state index in [2.05, 4.69) is 21.7 Å². The molecule has 1 N–H and O–H groups in total. The minimum absolute atomic E-state index is 0.0347. The molecule has 2 aromatic rings. The molecule has 1 aromatic carbocycles. The Kier molecular flexibility index (Phi) is 5.44. The molecule has 0 atom stereocenters. The first-order valence-corrected chi connectivity index (χ1v) is 9.74. The minimum Gasteiger partial charge on any atom is -0.493 e. The van der Waals surface area contributed by atoms with Gasteiger partial charge in [-0.1, -0.05) is 18.7 Å². The van der Waals surface area contributed by atoms with Crippen LogP contribution in [0.15, 0.2) is 71.0 Å². The van der Waals surface area contributed by atoms with E-state index in [1.54, 1.807) is 42.7 Å². The van der Waals surface area contributed by atoms with E-state index < -0.39 is 5.91 Å². The average Bonchev–Trinajstić information content (AvgIpc) is 3.20. The van der Waals surface area contributed by atoms with E-state index >= 15 is 0 Å². The maximum atomic E-state index is 12.6. The van der Waals surface area contributed by atoms with E-state index in [1.807, 2.05) is 12.1 Å². The molecule has 9 heteroatoms. The molecule has 8 nitrogen and oxygen atoms in total. The molecule has 30 heavy (non-hydrogen) atoms. The molecule has 0 spiro atoms. The van der Waals surface area contributed by atoms with Gasteiger partial charge >= 0.3 is 0 Å². The number of hydrogen-bond donors (Lipinski definition) is 1. The number of rotatable bonds is 6. The Morgan fingerprint density at radius 1 is 1.23 bits per heavy atom. The highest BCUT2D eigenvalue weighted by molar-refractivity contribution is 8.27. The molecule has 2 aliphatic heterocycles. The molecular formula is C21H17N5O3S. The third-order valence-electron chi connectivity index (χ3n) is 4.24. The predicted molar refractivity (Wildman–Crippen MR) is 117 cm³/mol. The van der Waals surface area contributed by atoms with E-state index in [-0.39, 0.29) is 11.4 Å². The van der Waals surface area contributed by atoms with E-state index in [0.29, 0.717) is 33.9 Å². The van der Waals surface area contributed by atoms with Gasteiger partial charge in [0.25, 0.3) is 5.91 Å². The highest BCUT2D eigenvalue weighted by Crippen LogP contribution is 2.32. The van der Waals surface area contributed by atoms with Crippen LogP contribution in [0.1, 0.15) is 11.1 Å². The normalized spacial score (nSPS) is 16.8. The number of amidine groups is 2. The maximum Gasteiger partial charge on any atom is 0.283 e. The number of benzene rings is 1. The molecule has 0 radical (unpaired) electrons. The molecule has 4 rings (SSSR count). The molecule has 1 aromatic heterocycles. The monoisotopic (exact) mass is 419 g/mol. The van der Waals surface area contributed by atoms with Crippen molar-refractivity contribution in [3.05, 3.63) is 72.1 Å². The number of methoxy groups -OCH3 is 1. The van der Waals surface area contributed by atoms with Crippen molar-refractivity contribution in [3.63, 3.8) is 0 Å². The van der Waals surface area contributed by atoms with Crippen molar-refractivity contribution in [2.45, 2.75) is 0 Å². The van der Waals surface area contributed by atoms with Gasteiger partial charge in [-0.2, -0.15) is 15.1 Å². The van der Waals surface area contributed by atoms with Crippen molar-refractivity contribution in [2.75, 3.05) is 13.7 Å². The second-order valence-corrected chi connectivity index (χ2v) is 7.13. The van der Waals surface area contributed by atoms with Gasteiger partial charge in [0.1, 0.15) is 11.7 Å². The molecule has 0 saturated carbocycles. The smallest absolute Gasteiger partial charge is 0.283 e. The number of aliphatic imine (C=N–C) groups is 1. The molecule has 0 bridgehead atoms. The average molecular weight is 419 g/mol. The first kappa shape index (κ1) is 19.6. The summed E-state index contributed by atoms with van der Waals surface area (Å²) in [5.74, 6) is 0.552. The van der Waals surface area contributed by atoms with Gasteiger partial charge in [0, 0.05) is 18.0 Å². The number of amides is 1. The maximum absolute atomic E-state index is 12.6. The summed E-state index contributed by atoms with van der Waals surface area (Å²) in [6, 6.07) is 8.88. The van der Waals surface area contributed by atoms with Gasteiger partial charge in [0.2, 0.25) is 5.17 Å². The molecule has 0 fully saturated rings. The zero-order valence-corrected chi connectivity index (χ0v) is 16.8. The van der Waals surface area contributed by atoms with Crippen molar-refractivity contribution >= 4 is 39.8 Å². The zero-order chi connectivity index (χ0) is 21.1. The predicted octanol–water partition coefficient (Wildman–Crippen LogP) is 3.32. The third kappa shape index (κ3) is 3.74. The Hall–Kier alpha value is -3.72. The van der Waals surface area contributed by atoms with Crippen LogP contribution in [0, 0.1) is 5.41 Å². The SMILES string of the molecule is C=CCOc1ccc(/C=C2\C(=N)N3N=C(c4ccncc4)SC3=NC2=O)cc1OC. The second kappa shape index (κ2) is 8.34. The Morgan fingerprint density at radius 2 is 2.03 bits per heavy atom. The number of pyridine rings is 1. The first-order valence-electron chi connectivity index (χ1n) is 8.93. The lowest BCUT2D eigenvalue weighted by Crippen LogP contribution is -2.35. The van der Waals surface area contributed by atoms with Crippen LogP contribution in [0.5, 0.6) is 11.5 Å². The molecule has 0 aliphatic carbocycles. The van der Waals surface area contributed by atoms with Gasteiger partial charge in [-0.3, -0.25) is 15.2 Å².